The molecule has 0 saturated carbocycles. The normalized spacial score (nSPS) is 13.7. The minimum absolute atomic E-state index is 0. The third-order valence-electron chi connectivity index (χ3n) is 3.63. The molecule has 2 unspecified atom stereocenters. The topological polar surface area (TPSA) is 60.8 Å². The molecule has 1 aromatic heterocycles. The standard InChI is InChI=1S/C16H29N5OS.HI/c1-7-13(3)19-16(18-10-14(22)20(4)5)21(6)11-12(2)15-17-8-9-23-15;/h8-9,12-13H,7,10-11H2,1-6H3,(H,18,19);1H. The fourth-order valence-electron chi connectivity index (χ4n) is 1.94. The fraction of sp³-hybridized carbons (Fsp3) is 0.688. The number of hydrogen-bond acceptors (Lipinski definition) is 4. The fourth-order valence-corrected chi connectivity index (χ4v) is 2.63. The predicted molar refractivity (Wildman–Crippen MR) is 112 cm³/mol. The van der Waals surface area contributed by atoms with Gasteiger partial charge in [-0.1, -0.05) is 13.8 Å². The molecule has 1 amide bonds. The molecule has 1 aromatic rings. The van der Waals surface area contributed by atoms with Crippen LogP contribution in [0.1, 0.15) is 38.1 Å². The number of hydrogen-bond donors (Lipinski definition) is 1. The largest absolute Gasteiger partial charge is 0.354 e. The first kappa shape index (κ1) is 23.1. The Kier molecular flexibility index (Phi) is 11.2. The summed E-state index contributed by atoms with van der Waals surface area (Å²) in [6, 6.07) is 0.306. The number of nitrogens with one attached hydrogen (secondary N) is 1. The zero-order valence-electron chi connectivity index (χ0n) is 15.4. The number of halogens is 1. The molecule has 0 spiro atoms. The number of carbonyl (C=O) groups is 1. The zero-order valence-corrected chi connectivity index (χ0v) is 18.6. The van der Waals surface area contributed by atoms with Gasteiger partial charge in [-0.15, -0.1) is 35.3 Å². The van der Waals surface area contributed by atoms with E-state index >= 15 is 0 Å². The molecule has 1 heterocycles. The molecule has 6 nitrogen and oxygen atoms in total. The van der Waals surface area contributed by atoms with Crippen LogP contribution >= 0.6 is 35.3 Å². The predicted octanol–water partition coefficient (Wildman–Crippen LogP) is 2.63. The van der Waals surface area contributed by atoms with Crippen LogP contribution in [0.3, 0.4) is 0 Å². The molecular weight excluding hydrogens is 437 g/mol. The second-order valence-corrected chi connectivity index (χ2v) is 6.96. The van der Waals surface area contributed by atoms with E-state index in [2.05, 4.69) is 41.0 Å². The van der Waals surface area contributed by atoms with Crippen molar-refractivity contribution in [3.05, 3.63) is 16.6 Å². The number of rotatable bonds is 7. The van der Waals surface area contributed by atoms with Crippen LogP contribution in [0.15, 0.2) is 16.6 Å². The minimum atomic E-state index is -0.00479. The van der Waals surface area contributed by atoms with E-state index in [4.69, 9.17) is 0 Å². The average molecular weight is 467 g/mol. The van der Waals surface area contributed by atoms with Crippen LogP contribution in [0.25, 0.3) is 0 Å². The number of thiazole rings is 1. The summed E-state index contributed by atoms with van der Waals surface area (Å²) >= 11 is 1.67. The van der Waals surface area contributed by atoms with E-state index < -0.39 is 0 Å². The molecular formula is C16H30IN5OS. The summed E-state index contributed by atoms with van der Waals surface area (Å²) in [4.78, 5) is 24.3. The van der Waals surface area contributed by atoms with Gasteiger partial charge < -0.3 is 15.1 Å². The van der Waals surface area contributed by atoms with Gasteiger partial charge in [0.2, 0.25) is 5.91 Å². The van der Waals surface area contributed by atoms with Gasteiger partial charge in [0.25, 0.3) is 0 Å². The third-order valence-corrected chi connectivity index (χ3v) is 4.64. The Labute approximate surface area is 166 Å². The molecule has 0 aromatic carbocycles. The highest BCUT2D eigenvalue weighted by Crippen LogP contribution is 2.18. The van der Waals surface area contributed by atoms with Gasteiger partial charge in [0.05, 0.1) is 5.01 Å². The van der Waals surface area contributed by atoms with Crippen molar-refractivity contribution in [3.63, 3.8) is 0 Å². The molecule has 0 saturated heterocycles. The van der Waals surface area contributed by atoms with Gasteiger partial charge in [-0.3, -0.25) is 4.79 Å². The lowest BCUT2D eigenvalue weighted by Crippen LogP contribution is -2.45. The van der Waals surface area contributed by atoms with Crippen molar-refractivity contribution in [2.75, 3.05) is 34.2 Å². The highest BCUT2D eigenvalue weighted by molar-refractivity contribution is 14.0. The highest BCUT2D eigenvalue weighted by atomic mass is 127. The van der Waals surface area contributed by atoms with Crippen molar-refractivity contribution in [2.24, 2.45) is 4.99 Å². The first-order valence-electron chi connectivity index (χ1n) is 7.96. The van der Waals surface area contributed by atoms with Crippen molar-refractivity contribution in [1.29, 1.82) is 0 Å². The summed E-state index contributed by atoms with van der Waals surface area (Å²) < 4.78 is 0. The Balaban J connectivity index is 0.00000529. The van der Waals surface area contributed by atoms with E-state index in [1.165, 1.54) is 0 Å². The number of carbonyl (C=O) groups excluding carboxylic acids is 1. The Morgan fingerprint density at radius 2 is 2.04 bits per heavy atom. The van der Waals surface area contributed by atoms with Gasteiger partial charge in [-0.2, -0.15) is 0 Å². The lowest BCUT2D eigenvalue weighted by Gasteiger charge is -2.27. The van der Waals surface area contributed by atoms with Gasteiger partial charge in [-0.25, -0.2) is 9.98 Å². The van der Waals surface area contributed by atoms with E-state index in [1.807, 2.05) is 18.6 Å². The Hall–Kier alpha value is -0.900. The average Bonchev–Trinajstić information content (AvgIpc) is 3.04. The maximum absolute atomic E-state index is 11.8. The minimum Gasteiger partial charge on any atom is -0.354 e. The van der Waals surface area contributed by atoms with Crippen LogP contribution in [0, 0.1) is 0 Å². The molecule has 0 fully saturated rings. The van der Waals surface area contributed by atoms with Crippen LogP contribution in [0.5, 0.6) is 0 Å². The van der Waals surface area contributed by atoms with Crippen molar-refractivity contribution in [1.82, 2.24) is 20.1 Å². The van der Waals surface area contributed by atoms with Crippen LogP contribution in [0.4, 0.5) is 0 Å². The number of aliphatic imine (C=N–C) groups is 1. The molecule has 0 radical (unpaired) electrons. The van der Waals surface area contributed by atoms with E-state index in [9.17, 15) is 4.79 Å². The Bertz CT molecular complexity index is 507. The molecule has 2 atom stereocenters. The van der Waals surface area contributed by atoms with E-state index in [0.717, 1.165) is 23.9 Å². The summed E-state index contributed by atoms with van der Waals surface area (Å²) in [7, 11) is 5.49. The second-order valence-electron chi connectivity index (χ2n) is 6.03. The van der Waals surface area contributed by atoms with Gasteiger partial charge in [0.1, 0.15) is 6.54 Å². The zero-order chi connectivity index (χ0) is 17.4. The van der Waals surface area contributed by atoms with Crippen LogP contribution < -0.4 is 5.32 Å². The number of amides is 1. The van der Waals surface area contributed by atoms with Crippen molar-refractivity contribution >= 4 is 47.2 Å². The first-order valence-corrected chi connectivity index (χ1v) is 8.84. The SMILES string of the molecule is CCC(C)NC(=NCC(=O)N(C)C)N(C)CC(C)c1nccs1.I. The smallest absolute Gasteiger partial charge is 0.243 e. The van der Waals surface area contributed by atoms with Gasteiger partial charge in [-0.05, 0) is 13.3 Å². The van der Waals surface area contributed by atoms with Crippen LogP contribution in [-0.4, -0.2) is 66.9 Å². The molecule has 138 valence electrons. The van der Waals surface area contributed by atoms with Crippen molar-refractivity contribution < 1.29 is 4.79 Å². The van der Waals surface area contributed by atoms with Crippen LogP contribution in [0.2, 0.25) is 0 Å². The van der Waals surface area contributed by atoms with Gasteiger partial charge in [0.15, 0.2) is 5.96 Å². The first-order chi connectivity index (χ1) is 10.8. The second kappa shape index (κ2) is 11.6. The number of likely N-dealkylation sites (N-methyl/N-ethyl adjacent to an activating group) is 2. The Morgan fingerprint density at radius 3 is 2.54 bits per heavy atom. The maximum Gasteiger partial charge on any atom is 0.243 e. The number of guanidine groups is 1. The molecule has 8 heteroatoms. The molecule has 1 N–H and O–H groups in total. The van der Waals surface area contributed by atoms with E-state index in [1.54, 1.807) is 30.3 Å². The van der Waals surface area contributed by atoms with E-state index in [-0.39, 0.29) is 36.4 Å². The summed E-state index contributed by atoms with van der Waals surface area (Å²) in [6.45, 7) is 7.34. The third kappa shape index (κ3) is 7.78. The van der Waals surface area contributed by atoms with Gasteiger partial charge >= 0.3 is 0 Å². The number of nitrogens with zero attached hydrogens (tertiary/aromatic N) is 4. The lowest BCUT2D eigenvalue weighted by molar-refractivity contribution is -0.127. The van der Waals surface area contributed by atoms with Crippen molar-refractivity contribution in [2.45, 2.75) is 39.2 Å². The quantitative estimate of drug-likeness (QED) is 0.381. The van der Waals surface area contributed by atoms with Gasteiger partial charge in [0, 0.05) is 51.2 Å². The van der Waals surface area contributed by atoms with E-state index in [0.29, 0.717) is 12.0 Å². The number of aromatic nitrogens is 1. The molecule has 24 heavy (non-hydrogen) atoms. The summed E-state index contributed by atoms with van der Waals surface area (Å²) in [5, 5.41) is 6.51. The van der Waals surface area contributed by atoms with Crippen LogP contribution in [-0.2, 0) is 4.79 Å². The maximum atomic E-state index is 11.8. The molecule has 0 aliphatic heterocycles. The monoisotopic (exact) mass is 467 g/mol. The summed E-state index contributed by atoms with van der Waals surface area (Å²) in [5.41, 5.74) is 0. The Morgan fingerprint density at radius 1 is 1.38 bits per heavy atom. The molecule has 0 bridgehead atoms. The van der Waals surface area contributed by atoms with Crippen molar-refractivity contribution in [3.8, 4) is 0 Å². The lowest BCUT2D eigenvalue weighted by atomic mass is 10.2. The summed E-state index contributed by atoms with van der Waals surface area (Å²) in [6.07, 6.45) is 2.83. The highest BCUT2D eigenvalue weighted by Gasteiger charge is 2.16. The molecule has 1 rings (SSSR count). The summed E-state index contributed by atoms with van der Waals surface area (Å²) in [5.74, 6) is 1.07. The molecule has 0 aliphatic rings. The molecule has 0 aliphatic carbocycles.